The van der Waals surface area contributed by atoms with Gasteiger partial charge < -0.3 is 10.6 Å². The molecule has 21 heavy (non-hydrogen) atoms. The zero-order valence-electron chi connectivity index (χ0n) is 11.8. The number of nitrogens with one attached hydrogen (secondary N) is 2. The molecule has 2 aromatic rings. The van der Waals surface area contributed by atoms with Gasteiger partial charge in [-0.1, -0.05) is 23.7 Å². The van der Waals surface area contributed by atoms with Crippen LogP contribution in [0.4, 0.5) is 15.8 Å². The molecule has 2 rings (SSSR count). The summed E-state index contributed by atoms with van der Waals surface area (Å²) in [6.07, 6.45) is 0. The van der Waals surface area contributed by atoms with Crippen LogP contribution in [0.3, 0.4) is 0 Å². The average Bonchev–Trinajstić information content (AvgIpc) is 2.43. The molecular formula is C16H16ClFN2O. The molecule has 0 heterocycles. The van der Waals surface area contributed by atoms with Crippen LogP contribution in [0.2, 0.25) is 5.02 Å². The standard InChI is InChI=1S/C16H16ClFN2O/c1-10(2)19-15-6-4-3-5-12(15)16(21)20-11-7-8-13(17)14(18)9-11/h3-10,19H,1-2H3,(H,20,21). The molecule has 0 aliphatic rings. The lowest BCUT2D eigenvalue weighted by Gasteiger charge is -2.14. The second-order valence-corrected chi connectivity index (χ2v) is 5.33. The summed E-state index contributed by atoms with van der Waals surface area (Å²) in [5, 5.41) is 5.89. The fourth-order valence-corrected chi connectivity index (χ4v) is 2.01. The van der Waals surface area contributed by atoms with Gasteiger partial charge in [-0.3, -0.25) is 4.79 Å². The number of rotatable bonds is 4. The van der Waals surface area contributed by atoms with Gasteiger partial charge in [-0.2, -0.15) is 0 Å². The van der Waals surface area contributed by atoms with Crippen LogP contribution in [0.1, 0.15) is 24.2 Å². The Kier molecular flexibility index (Phi) is 4.81. The van der Waals surface area contributed by atoms with Crippen molar-refractivity contribution >= 4 is 28.9 Å². The van der Waals surface area contributed by atoms with E-state index in [0.717, 1.165) is 5.69 Å². The van der Waals surface area contributed by atoms with Gasteiger partial charge in [0, 0.05) is 17.4 Å². The Labute approximate surface area is 128 Å². The van der Waals surface area contributed by atoms with Crippen LogP contribution in [0.15, 0.2) is 42.5 Å². The number of hydrogen-bond acceptors (Lipinski definition) is 2. The molecule has 1 amide bonds. The van der Waals surface area contributed by atoms with Crippen LogP contribution in [0.5, 0.6) is 0 Å². The summed E-state index contributed by atoms with van der Waals surface area (Å²) < 4.78 is 13.4. The number of halogens is 2. The maximum absolute atomic E-state index is 13.4. The molecule has 0 aliphatic heterocycles. The summed E-state index contributed by atoms with van der Waals surface area (Å²) >= 11 is 5.62. The first-order valence-corrected chi connectivity index (χ1v) is 6.97. The monoisotopic (exact) mass is 306 g/mol. The van der Waals surface area contributed by atoms with Crippen molar-refractivity contribution in [3.05, 3.63) is 58.9 Å². The maximum atomic E-state index is 13.4. The van der Waals surface area contributed by atoms with Gasteiger partial charge in [-0.15, -0.1) is 0 Å². The molecule has 0 bridgehead atoms. The summed E-state index contributed by atoms with van der Waals surface area (Å²) in [7, 11) is 0. The van der Waals surface area contributed by atoms with Crippen molar-refractivity contribution in [3.8, 4) is 0 Å². The highest BCUT2D eigenvalue weighted by atomic mass is 35.5. The van der Waals surface area contributed by atoms with Crippen molar-refractivity contribution in [1.29, 1.82) is 0 Å². The van der Waals surface area contributed by atoms with Crippen molar-refractivity contribution in [2.45, 2.75) is 19.9 Å². The topological polar surface area (TPSA) is 41.1 Å². The highest BCUT2D eigenvalue weighted by Crippen LogP contribution is 2.21. The van der Waals surface area contributed by atoms with Crippen molar-refractivity contribution in [3.63, 3.8) is 0 Å². The van der Waals surface area contributed by atoms with Crippen LogP contribution >= 0.6 is 11.6 Å². The Hall–Kier alpha value is -2.07. The molecule has 110 valence electrons. The fraction of sp³-hybridized carbons (Fsp3) is 0.188. The normalized spacial score (nSPS) is 10.5. The molecule has 0 fully saturated rings. The number of amides is 1. The zero-order valence-corrected chi connectivity index (χ0v) is 12.5. The van der Waals surface area contributed by atoms with Gasteiger partial charge in [-0.25, -0.2) is 4.39 Å². The number of para-hydroxylation sites is 1. The van der Waals surface area contributed by atoms with E-state index in [1.165, 1.54) is 12.1 Å². The van der Waals surface area contributed by atoms with Gasteiger partial charge in [0.25, 0.3) is 5.91 Å². The summed E-state index contributed by atoms with van der Waals surface area (Å²) in [5.41, 5.74) is 1.60. The Morgan fingerprint density at radius 2 is 1.90 bits per heavy atom. The van der Waals surface area contributed by atoms with E-state index in [-0.39, 0.29) is 17.0 Å². The van der Waals surface area contributed by atoms with Gasteiger partial charge >= 0.3 is 0 Å². The predicted octanol–water partition coefficient (Wildman–Crippen LogP) is 4.55. The van der Waals surface area contributed by atoms with E-state index in [1.54, 1.807) is 18.2 Å². The maximum Gasteiger partial charge on any atom is 0.257 e. The minimum atomic E-state index is -0.567. The molecule has 2 N–H and O–H groups in total. The Morgan fingerprint density at radius 1 is 1.19 bits per heavy atom. The Balaban J connectivity index is 2.22. The molecule has 0 saturated carbocycles. The molecule has 5 heteroatoms. The first kappa shape index (κ1) is 15.3. The van der Waals surface area contributed by atoms with Crippen LogP contribution in [-0.2, 0) is 0 Å². The zero-order chi connectivity index (χ0) is 15.4. The van der Waals surface area contributed by atoms with Gasteiger partial charge in [0.1, 0.15) is 5.82 Å². The quantitative estimate of drug-likeness (QED) is 0.870. The molecule has 3 nitrogen and oxygen atoms in total. The predicted molar refractivity (Wildman–Crippen MR) is 84.6 cm³/mol. The van der Waals surface area contributed by atoms with Crippen LogP contribution in [0.25, 0.3) is 0 Å². The number of benzene rings is 2. The smallest absolute Gasteiger partial charge is 0.257 e. The second kappa shape index (κ2) is 6.59. The van der Waals surface area contributed by atoms with Crippen LogP contribution in [-0.4, -0.2) is 11.9 Å². The third-order valence-corrected chi connectivity index (χ3v) is 3.10. The van der Waals surface area contributed by atoms with E-state index in [9.17, 15) is 9.18 Å². The summed E-state index contributed by atoms with van der Waals surface area (Å²) in [4.78, 5) is 12.3. The van der Waals surface area contributed by atoms with Crippen LogP contribution in [0, 0.1) is 5.82 Å². The molecule has 0 saturated heterocycles. The highest BCUT2D eigenvalue weighted by molar-refractivity contribution is 6.30. The number of anilines is 2. The largest absolute Gasteiger partial charge is 0.382 e. The summed E-state index contributed by atoms with van der Waals surface area (Å²) in [6, 6.07) is 11.5. The van der Waals surface area contributed by atoms with E-state index in [4.69, 9.17) is 11.6 Å². The van der Waals surface area contributed by atoms with E-state index >= 15 is 0 Å². The first-order chi connectivity index (χ1) is 9.97. The van der Waals surface area contributed by atoms with Gasteiger partial charge in [0.05, 0.1) is 10.6 Å². The third kappa shape index (κ3) is 3.95. The van der Waals surface area contributed by atoms with Crippen molar-refractivity contribution in [2.24, 2.45) is 0 Å². The van der Waals surface area contributed by atoms with E-state index < -0.39 is 5.82 Å². The molecular weight excluding hydrogens is 291 g/mol. The summed E-state index contributed by atoms with van der Waals surface area (Å²) in [5.74, 6) is -0.872. The highest BCUT2D eigenvalue weighted by Gasteiger charge is 2.12. The second-order valence-electron chi connectivity index (χ2n) is 4.93. The number of hydrogen-bond donors (Lipinski definition) is 2. The van der Waals surface area contributed by atoms with Crippen LogP contribution < -0.4 is 10.6 Å². The lowest BCUT2D eigenvalue weighted by Crippen LogP contribution is -2.17. The molecule has 0 aromatic heterocycles. The summed E-state index contributed by atoms with van der Waals surface area (Å²) in [6.45, 7) is 3.98. The lowest BCUT2D eigenvalue weighted by molar-refractivity contribution is 0.102. The molecule has 0 atom stereocenters. The Bertz CT molecular complexity index is 658. The SMILES string of the molecule is CC(C)Nc1ccccc1C(=O)Nc1ccc(Cl)c(F)c1. The minimum Gasteiger partial charge on any atom is -0.382 e. The Morgan fingerprint density at radius 3 is 2.57 bits per heavy atom. The number of carbonyl (C=O) groups excluding carboxylic acids is 1. The van der Waals surface area contributed by atoms with Gasteiger partial charge in [0.2, 0.25) is 0 Å². The van der Waals surface area contributed by atoms with E-state index in [1.807, 2.05) is 26.0 Å². The molecule has 0 radical (unpaired) electrons. The third-order valence-electron chi connectivity index (χ3n) is 2.79. The fourth-order valence-electron chi connectivity index (χ4n) is 1.89. The molecule has 0 aliphatic carbocycles. The van der Waals surface area contributed by atoms with Crippen molar-refractivity contribution < 1.29 is 9.18 Å². The van der Waals surface area contributed by atoms with Crippen molar-refractivity contribution in [1.82, 2.24) is 0 Å². The number of carbonyl (C=O) groups is 1. The molecule has 2 aromatic carbocycles. The minimum absolute atomic E-state index is 0.0230. The molecule has 0 unspecified atom stereocenters. The average molecular weight is 307 g/mol. The van der Waals surface area contributed by atoms with Gasteiger partial charge in [0.15, 0.2) is 0 Å². The molecule has 0 spiro atoms. The van der Waals surface area contributed by atoms with E-state index in [0.29, 0.717) is 11.3 Å². The van der Waals surface area contributed by atoms with Crippen molar-refractivity contribution in [2.75, 3.05) is 10.6 Å². The first-order valence-electron chi connectivity index (χ1n) is 6.59. The van der Waals surface area contributed by atoms with E-state index in [2.05, 4.69) is 10.6 Å². The lowest BCUT2D eigenvalue weighted by atomic mass is 10.1. The van der Waals surface area contributed by atoms with Gasteiger partial charge in [-0.05, 0) is 44.2 Å².